The van der Waals surface area contributed by atoms with Crippen molar-refractivity contribution in [2.75, 3.05) is 6.61 Å². The molecule has 0 aromatic heterocycles. The number of hydrogen-bond donors (Lipinski definition) is 1. The predicted molar refractivity (Wildman–Crippen MR) is 65.6 cm³/mol. The number of carbonyl (C=O) groups is 2. The number of halogens is 2. The number of ether oxygens (including phenoxy) is 1. The third-order valence-electron chi connectivity index (χ3n) is 3.25. The van der Waals surface area contributed by atoms with Crippen LogP contribution in [-0.4, -0.2) is 29.0 Å². The van der Waals surface area contributed by atoms with E-state index in [9.17, 15) is 18.4 Å². The molecule has 0 bridgehead atoms. The molecule has 1 saturated heterocycles. The average molecular weight is 284 g/mol. The fourth-order valence-corrected chi connectivity index (χ4v) is 2.33. The zero-order valence-electron chi connectivity index (χ0n) is 11.0. The van der Waals surface area contributed by atoms with E-state index in [-0.39, 0.29) is 12.2 Å². The second kappa shape index (κ2) is 4.82. The van der Waals surface area contributed by atoms with Crippen LogP contribution in [0.4, 0.5) is 13.6 Å². The highest BCUT2D eigenvalue weighted by atomic mass is 19.2. The molecular formula is C13H14F2N2O3. The summed E-state index contributed by atoms with van der Waals surface area (Å²) in [5.41, 5.74) is 4.49. The van der Waals surface area contributed by atoms with Crippen LogP contribution < -0.4 is 5.73 Å². The summed E-state index contributed by atoms with van der Waals surface area (Å²) in [4.78, 5) is 24.1. The molecule has 108 valence electrons. The number of nitrogens with zero attached hydrogens (tertiary/aromatic N) is 1. The van der Waals surface area contributed by atoms with Crippen LogP contribution in [0.1, 0.15) is 25.5 Å². The van der Waals surface area contributed by atoms with Gasteiger partial charge in [-0.15, -0.1) is 0 Å². The number of hydrogen-bond acceptors (Lipinski definition) is 3. The number of rotatable bonds is 1. The molecule has 1 unspecified atom stereocenters. The smallest absolute Gasteiger partial charge is 0.322 e. The Morgan fingerprint density at radius 2 is 2.05 bits per heavy atom. The van der Waals surface area contributed by atoms with Crippen molar-refractivity contribution >= 4 is 11.9 Å². The van der Waals surface area contributed by atoms with Crippen molar-refractivity contribution in [2.45, 2.75) is 25.5 Å². The zero-order chi connectivity index (χ0) is 15.1. The van der Waals surface area contributed by atoms with Gasteiger partial charge in [0.05, 0.1) is 11.6 Å². The first-order chi connectivity index (χ1) is 9.24. The summed E-state index contributed by atoms with van der Waals surface area (Å²) in [5, 5.41) is 0. The normalized spacial score (nSPS) is 21.9. The average Bonchev–Trinajstić information content (AvgIpc) is 2.35. The first kappa shape index (κ1) is 14.4. The molecule has 1 atom stereocenters. The van der Waals surface area contributed by atoms with Crippen molar-refractivity contribution in [2.24, 2.45) is 5.73 Å². The van der Waals surface area contributed by atoms with Crippen LogP contribution in [0.15, 0.2) is 18.2 Å². The lowest BCUT2D eigenvalue weighted by Crippen LogP contribution is -2.57. The van der Waals surface area contributed by atoms with Crippen LogP contribution in [0.3, 0.4) is 0 Å². The third-order valence-corrected chi connectivity index (χ3v) is 3.25. The molecule has 1 heterocycles. The highest BCUT2D eigenvalue weighted by Gasteiger charge is 2.45. The number of imide groups is 1. The van der Waals surface area contributed by atoms with Gasteiger partial charge < -0.3 is 10.5 Å². The van der Waals surface area contributed by atoms with Crippen molar-refractivity contribution in [1.29, 1.82) is 0 Å². The minimum absolute atomic E-state index is 0.237. The molecule has 2 rings (SSSR count). The Morgan fingerprint density at radius 3 is 2.60 bits per heavy atom. The van der Waals surface area contributed by atoms with E-state index < -0.39 is 35.2 Å². The number of primary amides is 1. The summed E-state index contributed by atoms with van der Waals surface area (Å²) >= 11 is 0. The minimum Gasteiger partial charge on any atom is -0.363 e. The number of nitrogens with two attached hydrogens (primary N) is 1. The lowest BCUT2D eigenvalue weighted by Gasteiger charge is -2.44. The van der Waals surface area contributed by atoms with E-state index in [1.165, 1.54) is 6.07 Å². The van der Waals surface area contributed by atoms with Crippen molar-refractivity contribution in [3.63, 3.8) is 0 Å². The van der Waals surface area contributed by atoms with Gasteiger partial charge >= 0.3 is 6.03 Å². The minimum atomic E-state index is -1.07. The van der Waals surface area contributed by atoms with Crippen LogP contribution >= 0.6 is 0 Å². The Bertz CT molecular complexity index is 575. The summed E-state index contributed by atoms with van der Waals surface area (Å²) in [5.74, 6) is -2.70. The lowest BCUT2D eigenvalue weighted by atomic mass is 9.88. The van der Waals surface area contributed by atoms with E-state index >= 15 is 0 Å². The summed E-state index contributed by atoms with van der Waals surface area (Å²) in [7, 11) is 0. The molecule has 0 saturated carbocycles. The van der Waals surface area contributed by atoms with E-state index in [2.05, 4.69) is 0 Å². The predicted octanol–water partition coefficient (Wildman–Crippen LogP) is 1.72. The third kappa shape index (κ3) is 2.36. The van der Waals surface area contributed by atoms with Gasteiger partial charge in [0, 0.05) is 0 Å². The Hall–Kier alpha value is -2.02. The van der Waals surface area contributed by atoms with E-state index in [1.807, 2.05) is 0 Å². The Balaban J connectivity index is 2.53. The maximum Gasteiger partial charge on any atom is 0.322 e. The number of amides is 3. The first-order valence-electron chi connectivity index (χ1n) is 5.94. The first-order valence-corrected chi connectivity index (χ1v) is 5.94. The summed E-state index contributed by atoms with van der Waals surface area (Å²) in [6.07, 6.45) is 0. The van der Waals surface area contributed by atoms with E-state index in [4.69, 9.17) is 10.5 Å². The van der Waals surface area contributed by atoms with Gasteiger partial charge in [0.15, 0.2) is 11.6 Å². The van der Waals surface area contributed by atoms with Crippen LogP contribution in [0.2, 0.25) is 0 Å². The summed E-state index contributed by atoms with van der Waals surface area (Å²) in [6, 6.07) is 1.28. The standard InChI is InChI=1S/C13H14F2N2O3/c1-13(2)11(7-3-4-8(14)9(15)5-7)17(12(16)19)10(18)6-20-13/h3-5,11H,6H2,1-2H3,(H2,16,19). The molecule has 0 radical (unpaired) electrons. The van der Waals surface area contributed by atoms with Crippen molar-refractivity contribution in [1.82, 2.24) is 4.90 Å². The Kier molecular flexibility index (Phi) is 3.47. The quantitative estimate of drug-likeness (QED) is 0.853. The maximum absolute atomic E-state index is 13.4. The van der Waals surface area contributed by atoms with Crippen molar-refractivity contribution in [3.05, 3.63) is 35.4 Å². The van der Waals surface area contributed by atoms with E-state index in [1.54, 1.807) is 13.8 Å². The Morgan fingerprint density at radius 1 is 1.40 bits per heavy atom. The van der Waals surface area contributed by atoms with Gasteiger partial charge in [0.1, 0.15) is 6.61 Å². The van der Waals surface area contributed by atoms with Crippen molar-refractivity contribution < 1.29 is 23.1 Å². The number of carbonyl (C=O) groups excluding carboxylic acids is 2. The highest BCUT2D eigenvalue weighted by molar-refractivity contribution is 5.95. The van der Waals surface area contributed by atoms with Gasteiger partial charge in [-0.05, 0) is 31.5 Å². The number of benzene rings is 1. The monoisotopic (exact) mass is 284 g/mol. The molecule has 7 heteroatoms. The fourth-order valence-electron chi connectivity index (χ4n) is 2.33. The SMILES string of the molecule is CC1(C)OCC(=O)N(C(N)=O)C1c1ccc(F)c(F)c1. The van der Waals surface area contributed by atoms with Gasteiger partial charge in [-0.1, -0.05) is 6.07 Å². The molecule has 0 aliphatic carbocycles. The molecule has 1 fully saturated rings. The number of morpholine rings is 1. The van der Waals surface area contributed by atoms with Gasteiger partial charge in [0.2, 0.25) is 0 Å². The maximum atomic E-state index is 13.4. The van der Waals surface area contributed by atoms with Gasteiger partial charge in [-0.3, -0.25) is 9.69 Å². The van der Waals surface area contributed by atoms with Crippen LogP contribution in [0, 0.1) is 11.6 Å². The van der Waals surface area contributed by atoms with Gasteiger partial charge in [-0.2, -0.15) is 0 Å². The molecule has 2 N–H and O–H groups in total. The van der Waals surface area contributed by atoms with Crippen LogP contribution in [0.25, 0.3) is 0 Å². The van der Waals surface area contributed by atoms with Gasteiger partial charge in [-0.25, -0.2) is 13.6 Å². The van der Waals surface area contributed by atoms with Gasteiger partial charge in [0.25, 0.3) is 5.91 Å². The molecule has 1 aliphatic heterocycles. The molecule has 5 nitrogen and oxygen atoms in total. The second-order valence-corrected chi connectivity index (χ2v) is 5.07. The molecule has 1 aromatic carbocycles. The van der Waals surface area contributed by atoms with Crippen molar-refractivity contribution in [3.8, 4) is 0 Å². The molecule has 1 aromatic rings. The fraction of sp³-hybridized carbons (Fsp3) is 0.385. The summed E-state index contributed by atoms with van der Waals surface area (Å²) in [6.45, 7) is 2.98. The van der Waals surface area contributed by atoms with E-state index in [0.717, 1.165) is 17.0 Å². The second-order valence-electron chi connectivity index (χ2n) is 5.07. The summed E-state index contributed by atoms with van der Waals surface area (Å²) < 4.78 is 31.8. The molecular weight excluding hydrogens is 270 g/mol. The Labute approximate surface area is 114 Å². The highest BCUT2D eigenvalue weighted by Crippen LogP contribution is 2.38. The molecule has 20 heavy (non-hydrogen) atoms. The number of urea groups is 1. The molecule has 3 amide bonds. The van der Waals surface area contributed by atoms with Crippen LogP contribution in [-0.2, 0) is 9.53 Å². The largest absolute Gasteiger partial charge is 0.363 e. The molecule has 1 aliphatic rings. The van der Waals surface area contributed by atoms with Crippen LogP contribution in [0.5, 0.6) is 0 Å². The zero-order valence-corrected chi connectivity index (χ0v) is 11.0. The van der Waals surface area contributed by atoms with E-state index in [0.29, 0.717) is 0 Å². The lowest BCUT2D eigenvalue weighted by molar-refractivity contribution is -0.165. The molecule has 0 spiro atoms. The topological polar surface area (TPSA) is 72.6 Å².